The minimum atomic E-state index is 0.615. The van der Waals surface area contributed by atoms with Gasteiger partial charge in [0.15, 0.2) is 0 Å². The van der Waals surface area contributed by atoms with Crippen LogP contribution in [0.3, 0.4) is 0 Å². The van der Waals surface area contributed by atoms with Crippen LogP contribution in [0.5, 0.6) is 0 Å². The van der Waals surface area contributed by atoms with Crippen LogP contribution in [0.15, 0.2) is 47.1 Å². The van der Waals surface area contributed by atoms with E-state index in [9.17, 15) is 0 Å². The Labute approximate surface area is 122 Å². The van der Waals surface area contributed by atoms with Gasteiger partial charge in [-0.2, -0.15) is 0 Å². The van der Waals surface area contributed by atoms with Crippen molar-refractivity contribution in [3.8, 4) is 0 Å². The van der Waals surface area contributed by atoms with E-state index < -0.39 is 0 Å². The largest absolute Gasteiger partial charge is 0.351 e. The number of aryl methyl sites for hydroxylation is 1. The number of benzene rings is 1. The van der Waals surface area contributed by atoms with Gasteiger partial charge in [0, 0.05) is 30.3 Å². The van der Waals surface area contributed by atoms with Crippen LogP contribution in [-0.2, 0) is 6.54 Å². The molecule has 0 saturated carbocycles. The maximum Gasteiger partial charge on any atom is 0.129 e. The van der Waals surface area contributed by atoms with Gasteiger partial charge in [0.1, 0.15) is 5.82 Å². The van der Waals surface area contributed by atoms with Crippen molar-refractivity contribution in [1.82, 2.24) is 4.98 Å². The van der Waals surface area contributed by atoms with Gasteiger partial charge in [-0.25, -0.2) is 4.98 Å². The molecule has 1 aromatic carbocycles. The van der Waals surface area contributed by atoms with E-state index in [1.165, 1.54) is 11.1 Å². The molecular formula is C15H18BrN3. The first-order valence-electron chi connectivity index (χ1n) is 6.32. The Bertz CT molecular complexity index is 528. The van der Waals surface area contributed by atoms with Gasteiger partial charge in [0.05, 0.1) is 0 Å². The van der Waals surface area contributed by atoms with Gasteiger partial charge in [-0.1, -0.05) is 30.3 Å². The molecule has 0 aliphatic rings. The lowest BCUT2D eigenvalue weighted by atomic mass is 10.2. The molecule has 1 aromatic heterocycles. The van der Waals surface area contributed by atoms with E-state index in [-0.39, 0.29) is 0 Å². The number of aromatic nitrogens is 1. The second-order valence-corrected chi connectivity index (χ2v) is 5.34. The third-order valence-corrected chi connectivity index (χ3v) is 3.80. The van der Waals surface area contributed by atoms with Crippen LogP contribution in [0.1, 0.15) is 11.1 Å². The van der Waals surface area contributed by atoms with Crippen molar-refractivity contribution in [3.05, 3.63) is 58.2 Å². The lowest BCUT2D eigenvalue weighted by Gasteiger charge is -2.23. The van der Waals surface area contributed by atoms with E-state index in [4.69, 9.17) is 5.73 Å². The molecule has 0 bridgehead atoms. The molecule has 4 heteroatoms. The van der Waals surface area contributed by atoms with E-state index in [1.807, 2.05) is 12.3 Å². The molecule has 0 aliphatic carbocycles. The Hall–Kier alpha value is -1.39. The monoisotopic (exact) mass is 319 g/mol. The number of rotatable bonds is 5. The minimum Gasteiger partial charge on any atom is -0.351 e. The van der Waals surface area contributed by atoms with Gasteiger partial charge in [0.2, 0.25) is 0 Å². The first kappa shape index (κ1) is 14.0. The van der Waals surface area contributed by atoms with Gasteiger partial charge in [-0.15, -0.1) is 0 Å². The molecule has 1 heterocycles. The number of pyridine rings is 1. The first-order valence-corrected chi connectivity index (χ1v) is 7.11. The topological polar surface area (TPSA) is 42.1 Å². The Morgan fingerprint density at radius 2 is 2.00 bits per heavy atom. The lowest BCUT2D eigenvalue weighted by molar-refractivity contribution is 0.775. The molecule has 0 atom stereocenters. The van der Waals surface area contributed by atoms with Gasteiger partial charge >= 0.3 is 0 Å². The molecule has 100 valence electrons. The van der Waals surface area contributed by atoms with Crippen molar-refractivity contribution in [1.29, 1.82) is 0 Å². The molecule has 19 heavy (non-hydrogen) atoms. The summed E-state index contributed by atoms with van der Waals surface area (Å²) in [6, 6.07) is 12.5. The van der Waals surface area contributed by atoms with Crippen molar-refractivity contribution in [3.63, 3.8) is 0 Å². The summed E-state index contributed by atoms with van der Waals surface area (Å²) in [7, 11) is 0. The fourth-order valence-corrected chi connectivity index (χ4v) is 2.15. The van der Waals surface area contributed by atoms with Crippen molar-refractivity contribution >= 4 is 21.7 Å². The van der Waals surface area contributed by atoms with Crippen LogP contribution >= 0.6 is 15.9 Å². The Morgan fingerprint density at radius 1 is 1.26 bits per heavy atom. The molecule has 0 radical (unpaired) electrons. The van der Waals surface area contributed by atoms with Gasteiger partial charge in [0.25, 0.3) is 0 Å². The standard InChI is InChI=1S/C15H18BrN3/c1-12-9-15(18-10-14(12)16)19(8-7-17)11-13-5-3-2-4-6-13/h2-6,9-10H,7-8,11,17H2,1H3. The second-order valence-electron chi connectivity index (χ2n) is 4.49. The molecule has 0 fully saturated rings. The van der Waals surface area contributed by atoms with Crippen LogP contribution < -0.4 is 10.6 Å². The van der Waals surface area contributed by atoms with Gasteiger partial charge in [-0.3, -0.25) is 0 Å². The smallest absolute Gasteiger partial charge is 0.129 e. The second kappa shape index (κ2) is 6.68. The van der Waals surface area contributed by atoms with Crippen LogP contribution in [0, 0.1) is 6.92 Å². The molecule has 2 rings (SSSR count). The highest BCUT2D eigenvalue weighted by Crippen LogP contribution is 2.21. The number of nitrogens with two attached hydrogens (primary N) is 1. The molecule has 0 unspecified atom stereocenters. The fraction of sp³-hybridized carbons (Fsp3) is 0.267. The molecule has 0 amide bonds. The molecule has 3 nitrogen and oxygen atoms in total. The highest BCUT2D eigenvalue weighted by Gasteiger charge is 2.09. The van der Waals surface area contributed by atoms with E-state index >= 15 is 0 Å². The molecule has 0 spiro atoms. The van der Waals surface area contributed by atoms with E-state index in [2.05, 4.69) is 63.1 Å². The zero-order chi connectivity index (χ0) is 13.7. The molecule has 2 aromatic rings. The molecule has 0 saturated heterocycles. The van der Waals surface area contributed by atoms with Crippen molar-refractivity contribution in [2.45, 2.75) is 13.5 Å². The average molecular weight is 320 g/mol. The summed E-state index contributed by atoms with van der Waals surface area (Å²) in [5.74, 6) is 0.968. The predicted octanol–water partition coefficient (Wildman–Crippen LogP) is 3.12. The zero-order valence-corrected chi connectivity index (χ0v) is 12.6. The fourth-order valence-electron chi connectivity index (χ4n) is 1.93. The number of nitrogens with zero attached hydrogens (tertiary/aromatic N) is 2. The van der Waals surface area contributed by atoms with Crippen molar-refractivity contribution < 1.29 is 0 Å². The van der Waals surface area contributed by atoms with Crippen LogP contribution in [0.2, 0.25) is 0 Å². The number of hydrogen-bond donors (Lipinski definition) is 1. The van der Waals surface area contributed by atoms with E-state index in [0.29, 0.717) is 6.54 Å². The van der Waals surface area contributed by atoms with Gasteiger partial charge in [-0.05, 0) is 40.0 Å². The summed E-state index contributed by atoms with van der Waals surface area (Å²) in [5.41, 5.74) is 8.15. The summed E-state index contributed by atoms with van der Waals surface area (Å²) in [4.78, 5) is 6.68. The SMILES string of the molecule is Cc1cc(N(CCN)Cc2ccccc2)ncc1Br. The summed E-state index contributed by atoms with van der Waals surface area (Å²) >= 11 is 3.48. The normalized spacial score (nSPS) is 10.5. The summed E-state index contributed by atoms with van der Waals surface area (Å²) in [5, 5.41) is 0. The first-order chi connectivity index (χ1) is 9.20. The highest BCUT2D eigenvalue weighted by molar-refractivity contribution is 9.10. The Morgan fingerprint density at radius 3 is 2.63 bits per heavy atom. The van der Waals surface area contributed by atoms with Crippen molar-refractivity contribution in [2.75, 3.05) is 18.0 Å². The Balaban J connectivity index is 2.21. The number of halogens is 1. The minimum absolute atomic E-state index is 0.615. The van der Waals surface area contributed by atoms with Crippen LogP contribution in [-0.4, -0.2) is 18.1 Å². The maximum absolute atomic E-state index is 5.71. The number of anilines is 1. The third-order valence-electron chi connectivity index (χ3n) is 2.97. The molecule has 0 aliphatic heterocycles. The molecule has 2 N–H and O–H groups in total. The zero-order valence-electron chi connectivity index (χ0n) is 11.0. The molecular weight excluding hydrogens is 302 g/mol. The lowest BCUT2D eigenvalue weighted by Crippen LogP contribution is -2.29. The van der Waals surface area contributed by atoms with Crippen LogP contribution in [0.25, 0.3) is 0 Å². The summed E-state index contributed by atoms with van der Waals surface area (Å²) in [6.07, 6.45) is 1.85. The van der Waals surface area contributed by atoms with E-state index in [0.717, 1.165) is 23.4 Å². The average Bonchev–Trinajstić information content (AvgIpc) is 2.43. The van der Waals surface area contributed by atoms with Crippen LogP contribution in [0.4, 0.5) is 5.82 Å². The number of hydrogen-bond acceptors (Lipinski definition) is 3. The van der Waals surface area contributed by atoms with Crippen molar-refractivity contribution in [2.24, 2.45) is 5.73 Å². The van der Waals surface area contributed by atoms with E-state index in [1.54, 1.807) is 0 Å². The van der Waals surface area contributed by atoms with Gasteiger partial charge < -0.3 is 10.6 Å². The summed E-state index contributed by atoms with van der Waals surface area (Å²) in [6.45, 7) is 4.30. The quantitative estimate of drug-likeness (QED) is 0.920. The maximum atomic E-state index is 5.71. The summed E-state index contributed by atoms with van der Waals surface area (Å²) < 4.78 is 1.03. The highest BCUT2D eigenvalue weighted by atomic mass is 79.9. The Kier molecular flexibility index (Phi) is 4.93. The predicted molar refractivity (Wildman–Crippen MR) is 83.2 cm³/mol. The third kappa shape index (κ3) is 3.78.